The summed E-state index contributed by atoms with van der Waals surface area (Å²) in [4.78, 5) is 23.8. The largest absolute Gasteiger partial charge is 0.496 e. The number of carbonyl (C=O) groups is 2. The molecule has 154 valence electrons. The second kappa shape index (κ2) is 8.62. The highest BCUT2D eigenvalue weighted by Crippen LogP contribution is 2.26. The standard InChI is InChI=1S/C20H23N3O5S/c1-23(13-20(25)21-12-15-5-3-4-6-18(15)28-2)29(26,27)16-8-9-17-14(11-16)7-10-19(24)22-17/h3-6,8-9,11H,7,10,12-13H2,1-2H3,(H,21,25)(H,22,24). The molecule has 8 nitrogen and oxygen atoms in total. The molecule has 0 spiro atoms. The molecule has 0 aliphatic carbocycles. The summed E-state index contributed by atoms with van der Waals surface area (Å²) in [5.41, 5.74) is 2.18. The van der Waals surface area contributed by atoms with Gasteiger partial charge in [-0.05, 0) is 36.2 Å². The van der Waals surface area contributed by atoms with Gasteiger partial charge in [0.1, 0.15) is 5.75 Å². The number of nitrogens with zero attached hydrogens (tertiary/aromatic N) is 1. The molecule has 9 heteroatoms. The highest BCUT2D eigenvalue weighted by atomic mass is 32.2. The van der Waals surface area contributed by atoms with Crippen molar-refractivity contribution in [2.75, 3.05) is 26.0 Å². The third-order valence-electron chi connectivity index (χ3n) is 4.72. The molecular formula is C20H23N3O5S. The first kappa shape index (κ1) is 20.8. The van der Waals surface area contributed by atoms with E-state index in [1.807, 2.05) is 18.2 Å². The van der Waals surface area contributed by atoms with Crippen molar-refractivity contribution in [1.29, 1.82) is 0 Å². The van der Waals surface area contributed by atoms with Crippen molar-refractivity contribution < 1.29 is 22.7 Å². The van der Waals surface area contributed by atoms with Gasteiger partial charge >= 0.3 is 0 Å². The van der Waals surface area contributed by atoms with Crippen LogP contribution in [0.5, 0.6) is 5.75 Å². The molecule has 0 unspecified atom stereocenters. The van der Waals surface area contributed by atoms with Gasteiger partial charge in [-0.1, -0.05) is 18.2 Å². The maximum absolute atomic E-state index is 12.8. The first-order valence-electron chi connectivity index (χ1n) is 9.09. The average molecular weight is 417 g/mol. The van der Waals surface area contributed by atoms with Gasteiger partial charge in [0.05, 0.1) is 18.6 Å². The van der Waals surface area contributed by atoms with Crippen molar-refractivity contribution in [3.8, 4) is 5.75 Å². The number of para-hydroxylation sites is 1. The number of nitrogens with one attached hydrogen (secondary N) is 2. The third-order valence-corrected chi connectivity index (χ3v) is 6.51. The number of benzene rings is 2. The van der Waals surface area contributed by atoms with Crippen molar-refractivity contribution in [3.05, 3.63) is 53.6 Å². The Hall–Kier alpha value is -2.91. The Balaban J connectivity index is 1.65. The van der Waals surface area contributed by atoms with Gasteiger partial charge in [-0.15, -0.1) is 0 Å². The molecule has 2 aromatic carbocycles. The van der Waals surface area contributed by atoms with Gasteiger partial charge in [0.15, 0.2) is 0 Å². The van der Waals surface area contributed by atoms with Gasteiger partial charge in [-0.2, -0.15) is 4.31 Å². The molecule has 0 bridgehead atoms. The number of likely N-dealkylation sites (N-methyl/N-ethyl adjacent to an activating group) is 1. The second-order valence-corrected chi connectivity index (χ2v) is 8.76. The molecule has 0 fully saturated rings. The zero-order valence-electron chi connectivity index (χ0n) is 16.3. The van der Waals surface area contributed by atoms with Crippen LogP contribution in [0.15, 0.2) is 47.4 Å². The number of hydrogen-bond acceptors (Lipinski definition) is 5. The maximum Gasteiger partial charge on any atom is 0.243 e. The van der Waals surface area contributed by atoms with E-state index in [2.05, 4.69) is 10.6 Å². The minimum atomic E-state index is -3.84. The van der Waals surface area contributed by atoms with Crippen LogP contribution in [-0.4, -0.2) is 45.2 Å². The quantitative estimate of drug-likeness (QED) is 0.711. The van der Waals surface area contributed by atoms with Crippen molar-refractivity contribution in [3.63, 3.8) is 0 Å². The number of sulfonamides is 1. The number of methoxy groups -OCH3 is 1. The summed E-state index contributed by atoms with van der Waals surface area (Å²) in [6.45, 7) is -0.0828. The van der Waals surface area contributed by atoms with E-state index in [1.165, 1.54) is 13.1 Å². The predicted molar refractivity (Wildman–Crippen MR) is 108 cm³/mol. The lowest BCUT2D eigenvalue weighted by atomic mass is 10.0. The second-order valence-electron chi connectivity index (χ2n) is 6.72. The van der Waals surface area contributed by atoms with Crippen molar-refractivity contribution >= 4 is 27.5 Å². The van der Waals surface area contributed by atoms with Crippen molar-refractivity contribution in [1.82, 2.24) is 9.62 Å². The van der Waals surface area contributed by atoms with Crippen LogP contribution < -0.4 is 15.4 Å². The monoisotopic (exact) mass is 417 g/mol. The van der Waals surface area contributed by atoms with E-state index in [9.17, 15) is 18.0 Å². The molecule has 0 atom stereocenters. The number of amides is 2. The third kappa shape index (κ3) is 4.75. The summed E-state index contributed by atoms with van der Waals surface area (Å²) in [6, 6.07) is 11.8. The van der Waals surface area contributed by atoms with Gasteiger partial charge < -0.3 is 15.4 Å². The van der Waals surface area contributed by atoms with E-state index in [0.717, 1.165) is 15.4 Å². The zero-order chi connectivity index (χ0) is 21.0. The van der Waals surface area contributed by atoms with Crippen molar-refractivity contribution in [2.24, 2.45) is 0 Å². The topological polar surface area (TPSA) is 105 Å². The van der Waals surface area contributed by atoms with E-state index in [-0.39, 0.29) is 23.9 Å². The van der Waals surface area contributed by atoms with Crippen LogP contribution >= 0.6 is 0 Å². The van der Waals surface area contributed by atoms with Crippen LogP contribution in [0.4, 0.5) is 5.69 Å². The summed E-state index contributed by atoms with van der Waals surface area (Å²) >= 11 is 0. The SMILES string of the molecule is COc1ccccc1CNC(=O)CN(C)S(=O)(=O)c1ccc2c(c1)CCC(=O)N2. The van der Waals surface area contributed by atoms with Crippen LogP contribution in [0.3, 0.4) is 0 Å². The lowest BCUT2D eigenvalue weighted by molar-refractivity contribution is -0.121. The summed E-state index contributed by atoms with van der Waals surface area (Å²) in [5, 5.41) is 5.43. The first-order valence-corrected chi connectivity index (χ1v) is 10.5. The lowest BCUT2D eigenvalue weighted by Gasteiger charge is -2.20. The number of aryl methyl sites for hydroxylation is 1. The van der Waals surface area contributed by atoms with Crippen LogP contribution in [0.25, 0.3) is 0 Å². The van der Waals surface area contributed by atoms with Gasteiger partial charge in [0.2, 0.25) is 21.8 Å². The summed E-state index contributed by atoms with van der Waals surface area (Å²) in [6.07, 6.45) is 0.797. The van der Waals surface area contributed by atoms with Gasteiger partial charge in [-0.3, -0.25) is 9.59 Å². The van der Waals surface area contributed by atoms with Gasteiger partial charge in [-0.25, -0.2) is 8.42 Å². The Labute approximate surface area is 169 Å². The molecule has 29 heavy (non-hydrogen) atoms. The molecule has 1 aliphatic heterocycles. The fraction of sp³-hybridized carbons (Fsp3) is 0.300. The normalized spacial score (nSPS) is 13.6. The maximum atomic E-state index is 12.8. The number of fused-ring (bicyclic) bond motifs is 1. The first-order chi connectivity index (χ1) is 13.8. The Morgan fingerprint density at radius 1 is 1.21 bits per heavy atom. The number of rotatable bonds is 7. The summed E-state index contributed by atoms with van der Waals surface area (Å²) in [5.74, 6) is 0.138. The molecular weight excluding hydrogens is 394 g/mol. The fourth-order valence-electron chi connectivity index (χ4n) is 3.09. The molecule has 0 saturated carbocycles. The molecule has 1 aliphatic rings. The number of anilines is 1. The van der Waals surface area contributed by atoms with Gasteiger partial charge in [0, 0.05) is 31.3 Å². The Bertz CT molecular complexity index is 1040. The molecule has 2 aromatic rings. The van der Waals surface area contributed by atoms with Crippen LogP contribution in [-0.2, 0) is 32.6 Å². The summed E-state index contributed by atoms with van der Waals surface area (Å²) < 4.78 is 31.9. The molecule has 2 amide bonds. The van der Waals surface area contributed by atoms with E-state index >= 15 is 0 Å². The Kier molecular flexibility index (Phi) is 6.19. The zero-order valence-corrected chi connectivity index (χ0v) is 17.1. The molecule has 0 radical (unpaired) electrons. The minimum absolute atomic E-state index is 0.0862. The van der Waals surface area contributed by atoms with E-state index in [0.29, 0.717) is 24.3 Å². The van der Waals surface area contributed by atoms with E-state index in [1.54, 1.807) is 25.3 Å². The van der Waals surface area contributed by atoms with Crippen LogP contribution in [0, 0.1) is 0 Å². The molecule has 3 rings (SSSR count). The van der Waals surface area contributed by atoms with E-state index < -0.39 is 15.9 Å². The highest BCUT2D eigenvalue weighted by Gasteiger charge is 2.25. The van der Waals surface area contributed by atoms with Crippen LogP contribution in [0.2, 0.25) is 0 Å². The number of ether oxygens (including phenoxy) is 1. The number of hydrogen-bond donors (Lipinski definition) is 2. The smallest absolute Gasteiger partial charge is 0.243 e. The fourth-order valence-corrected chi connectivity index (χ4v) is 4.26. The minimum Gasteiger partial charge on any atom is -0.496 e. The average Bonchev–Trinajstić information content (AvgIpc) is 2.71. The molecule has 0 saturated heterocycles. The molecule has 0 aromatic heterocycles. The van der Waals surface area contributed by atoms with Gasteiger partial charge in [0.25, 0.3) is 0 Å². The Morgan fingerprint density at radius 3 is 2.72 bits per heavy atom. The van der Waals surface area contributed by atoms with Crippen molar-refractivity contribution in [2.45, 2.75) is 24.3 Å². The lowest BCUT2D eigenvalue weighted by Crippen LogP contribution is -2.38. The number of carbonyl (C=O) groups excluding carboxylic acids is 2. The molecule has 2 N–H and O–H groups in total. The van der Waals surface area contributed by atoms with Crippen LogP contribution in [0.1, 0.15) is 17.5 Å². The highest BCUT2D eigenvalue weighted by molar-refractivity contribution is 7.89. The Morgan fingerprint density at radius 2 is 1.97 bits per heavy atom. The molecule has 1 heterocycles. The van der Waals surface area contributed by atoms with E-state index in [4.69, 9.17) is 4.74 Å². The summed E-state index contributed by atoms with van der Waals surface area (Å²) in [7, 11) is -0.935. The predicted octanol–water partition coefficient (Wildman–Crippen LogP) is 1.52.